The van der Waals surface area contributed by atoms with Gasteiger partial charge in [-0.25, -0.2) is 9.78 Å². The molecule has 2 unspecified atom stereocenters. The summed E-state index contributed by atoms with van der Waals surface area (Å²) in [5.74, 6) is 1.36. The lowest BCUT2D eigenvalue weighted by Crippen LogP contribution is -2.26. The van der Waals surface area contributed by atoms with E-state index in [0.29, 0.717) is 28.2 Å². The first-order valence-electron chi connectivity index (χ1n) is 10.1. The highest BCUT2D eigenvalue weighted by atomic mass is 19.1. The van der Waals surface area contributed by atoms with Crippen molar-refractivity contribution in [3.63, 3.8) is 0 Å². The molecule has 30 heavy (non-hydrogen) atoms. The molecule has 0 bridgehead atoms. The lowest BCUT2D eigenvalue weighted by atomic mass is 9.94. The molecule has 1 saturated heterocycles. The quantitative estimate of drug-likeness (QED) is 0.432. The van der Waals surface area contributed by atoms with Crippen molar-refractivity contribution >= 4 is 23.3 Å². The Morgan fingerprint density at radius 2 is 2.00 bits per heavy atom. The molecular weight excluding hydrogens is 385 g/mol. The zero-order chi connectivity index (χ0) is 22.1. The van der Waals surface area contributed by atoms with Crippen molar-refractivity contribution in [1.29, 1.82) is 5.41 Å². The fourth-order valence-corrected chi connectivity index (χ4v) is 3.22. The maximum Gasteiger partial charge on any atom is 0.413 e. The Bertz CT molecular complexity index is 868. The number of carbonyl (C=O) groups is 1. The van der Waals surface area contributed by atoms with Crippen LogP contribution in [-0.4, -0.2) is 36.6 Å². The lowest BCUT2D eigenvalue weighted by Gasteiger charge is -2.25. The van der Waals surface area contributed by atoms with Crippen molar-refractivity contribution in [2.24, 2.45) is 5.92 Å². The molecule has 1 amide bonds. The van der Waals surface area contributed by atoms with Crippen LogP contribution in [0.5, 0.6) is 0 Å². The van der Waals surface area contributed by atoms with Gasteiger partial charge in [-0.2, -0.15) is 0 Å². The van der Waals surface area contributed by atoms with Crippen LogP contribution < -0.4 is 16.4 Å². The van der Waals surface area contributed by atoms with Gasteiger partial charge in [-0.3, -0.25) is 15.1 Å². The largest absolute Gasteiger partial charge is 0.441 e. The second-order valence-corrected chi connectivity index (χ2v) is 7.12. The summed E-state index contributed by atoms with van der Waals surface area (Å²) in [7, 11) is 0. The number of nitrogens with one attached hydrogen (secondary N) is 3. The van der Waals surface area contributed by atoms with E-state index in [2.05, 4.69) is 22.5 Å². The van der Waals surface area contributed by atoms with Gasteiger partial charge in [0, 0.05) is 28.6 Å². The van der Waals surface area contributed by atoms with Crippen LogP contribution in [0.15, 0.2) is 36.5 Å². The number of rotatable bonds is 2. The number of fused-ring (bicyclic) bond motifs is 1. The molecule has 2 aromatic rings. The van der Waals surface area contributed by atoms with Gasteiger partial charge < -0.3 is 15.8 Å². The predicted molar refractivity (Wildman–Crippen MR) is 118 cm³/mol. The second kappa shape index (κ2) is 11.3. The molecule has 2 aliphatic heterocycles. The molecule has 0 spiro atoms. The van der Waals surface area contributed by atoms with Crippen molar-refractivity contribution < 1.29 is 13.9 Å². The number of nitrogen functional groups attached to an aromatic ring is 1. The van der Waals surface area contributed by atoms with Gasteiger partial charge in [-0.05, 0) is 51.4 Å². The number of amides is 1. The van der Waals surface area contributed by atoms with Crippen LogP contribution in [-0.2, 0) is 4.74 Å². The molecule has 162 valence electrons. The molecule has 4 rings (SSSR count). The molecule has 8 heteroatoms. The summed E-state index contributed by atoms with van der Waals surface area (Å²) in [5.41, 5.74) is 8.70. The smallest absolute Gasteiger partial charge is 0.413 e. The van der Waals surface area contributed by atoms with E-state index in [1.807, 2.05) is 12.1 Å². The highest BCUT2D eigenvalue weighted by Crippen LogP contribution is 2.33. The first kappa shape index (κ1) is 23.3. The second-order valence-electron chi connectivity index (χ2n) is 7.12. The third kappa shape index (κ3) is 6.00. The number of anilines is 2. The molecule has 1 aromatic heterocycles. The van der Waals surface area contributed by atoms with Crippen LogP contribution in [0.4, 0.5) is 20.7 Å². The van der Waals surface area contributed by atoms with Gasteiger partial charge in [-0.15, -0.1) is 0 Å². The molecule has 5 N–H and O–H groups in total. The summed E-state index contributed by atoms with van der Waals surface area (Å²) in [6.07, 6.45) is 1.92. The fraction of sp³-hybridized carbons (Fsp3) is 0.409. The summed E-state index contributed by atoms with van der Waals surface area (Å²) in [5, 5.41) is 14.2. The number of carbonyl (C=O) groups excluding carboxylic acids is 1. The molecule has 1 fully saturated rings. The Hall–Kier alpha value is -3.00. The van der Waals surface area contributed by atoms with E-state index < -0.39 is 12.2 Å². The van der Waals surface area contributed by atoms with Crippen molar-refractivity contribution in [1.82, 2.24) is 10.3 Å². The van der Waals surface area contributed by atoms with Crippen molar-refractivity contribution in [2.75, 3.05) is 30.8 Å². The standard InChI is InChI=1S/C15H14N4O2.C5H11N.C2H5F/c1-8-12-10(6-7-18-14(12)19-15(20)21-8)13(17)9-4-2-3-5-11(9)16;1-5-2-3-6-4-5;1-2-3/h2-8,17H,16H2,1H3,(H,18,19,20);5-6H,2-4H2,1H3;2H2,1H3. The summed E-state index contributed by atoms with van der Waals surface area (Å²) in [6, 6.07) is 8.91. The Morgan fingerprint density at radius 1 is 1.30 bits per heavy atom. The van der Waals surface area contributed by atoms with Crippen LogP contribution in [0.2, 0.25) is 0 Å². The molecule has 2 aliphatic rings. The van der Waals surface area contributed by atoms with E-state index in [1.165, 1.54) is 26.4 Å². The van der Waals surface area contributed by atoms with Gasteiger partial charge in [0.25, 0.3) is 0 Å². The number of halogens is 1. The van der Waals surface area contributed by atoms with Crippen LogP contribution in [0.3, 0.4) is 0 Å². The zero-order valence-electron chi connectivity index (χ0n) is 17.7. The summed E-state index contributed by atoms with van der Waals surface area (Å²) < 4.78 is 15.4. The fourth-order valence-electron chi connectivity index (χ4n) is 3.22. The number of benzene rings is 1. The number of aromatic nitrogens is 1. The van der Waals surface area contributed by atoms with E-state index in [1.54, 1.807) is 31.3 Å². The molecule has 7 nitrogen and oxygen atoms in total. The number of alkyl halides is 1. The van der Waals surface area contributed by atoms with Crippen molar-refractivity contribution in [3.8, 4) is 0 Å². The highest BCUT2D eigenvalue weighted by Gasteiger charge is 2.28. The number of pyridine rings is 1. The normalized spacial score (nSPS) is 19.1. The molecule has 0 radical (unpaired) electrons. The van der Waals surface area contributed by atoms with Crippen LogP contribution in [0, 0.1) is 11.3 Å². The van der Waals surface area contributed by atoms with Crippen molar-refractivity contribution in [3.05, 3.63) is 53.2 Å². The van der Waals surface area contributed by atoms with Crippen LogP contribution in [0.25, 0.3) is 0 Å². The molecular formula is C22H30FN5O2. The monoisotopic (exact) mass is 415 g/mol. The Balaban J connectivity index is 0.000000298. The molecule has 0 aliphatic carbocycles. The highest BCUT2D eigenvalue weighted by molar-refractivity contribution is 6.15. The minimum Gasteiger partial charge on any atom is -0.441 e. The first-order chi connectivity index (χ1) is 14.4. The number of cyclic esters (lactones) is 1. The summed E-state index contributed by atoms with van der Waals surface area (Å²) >= 11 is 0. The molecule has 0 saturated carbocycles. The molecule has 1 aromatic carbocycles. The summed E-state index contributed by atoms with van der Waals surface area (Å²) in [4.78, 5) is 15.5. The van der Waals surface area contributed by atoms with E-state index in [0.717, 1.165) is 5.92 Å². The van der Waals surface area contributed by atoms with E-state index in [4.69, 9.17) is 15.9 Å². The van der Waals surface area contributed by atoms with Gasteiger partial charge >= 0.3 is 6.09 Å². The number of hydrogen-bond donors (Lipinski definition) is 4. The number of ether oxygens (including phenoxy) is 1. The average molecular weight is 416 g/mol. The third-order valence-electron chi connectivity index (χ3n) is 4.71. The zero-order valence-corrected chi connectivity index (χ0v) is 17.7. The minimum absolute atomic E-state index is 0.250. The maximum atomic E-state index is 11.4. The maximum absolute atomic E-state index is 11.4. The van der Waals surface area contributed by atoms with Crippen LogP contribution >= 0.6 is 0 Å². The number of nitrogens with two attached hydrogens (primary N) is 1. The topological polar surface area (TPSA) is 113 Å². The van der Waals surface area contributed by atoms with Gasteiger partial charge in [-0.1, -0.05) is 25.1 Å². The van der Waals surface area contributed by atoms with E-state index in [9.17, 15) is 9.18 Å². The lowest BCUT2D eigenvalue weighted by molar-refractivity contribution is 0.116. The van der Waals surface area contributed by atoms with Crippen LogP contribution in [0.1, 0.15) is 50.0 Å². The first-order valence-corrected chi connectivity index (χ1v) is 10.1. The summed E-state index contributed by atoms with van der Waals surface area (Å²) in [6.45, 7) is 7.71. The Kier molecular flexibility index (Phi) is 8.73. The molecule has 2 atom stereocenters. The SMILES string of the molecule is CC1CCNC1.CC1OC(=O)Nc2nccc(C(=N)c3ccccc3N)c21.CCF. The molecule has 3 heterocycles. The van der Waals surface area contributed by atoms with Gasteiger partial charge in [0.05, 0.1) is 12.4 Å². The third-order valence-corrected chi connectivity index (χ3v) is 4.71. The number of hydrogen-bond acceptors (Lipinski definition) is 6. The van der Waals surface area contributed by atoms with Gasteiger partial charge in [0.15, 0.2) is 0 Å². The van der Waals surface area contributed by atoms with Gasteiger partial charge in [0.1, 0.15) is 11.9 Å². The van der Waals surface area contributed by atoms with E-state index >= 15 is 0 Å². The number of para-hydroxylation sites is 1. The minimum atomic E-state index is -0.537. The van der Waals surface area contributed by atoms with Crippen molar-refractivity contribution in [2.45, 2.75) is 33.3 Å². The van der Waals surface area contributed by atoms with Gasteiger partial charge in [0.2, 0.25) is 0 Å². The predicted octanol–water partition coefficient (Wildman–Crippen LogP) is 4.29. The number of nitrogens with zero attached hydrogens (tertiary/aromatic N) is 1. The Labute approximate surface area is 176 Å². The Morgan fingerprint density at radius 3 is 2.57 bits per heavy atom. The van der Waals surface area contributed by atoms with E-state index in [-0.39, 0.29) is 12.4 Å². The average Bonchev–Trinajstić information content (AvgIpc) is 3.19.